The fourth-order valence-electron chi connectivity index (χ4n) is 2.12. The normalized spacial score (nSPS) is 10.4. The molecule has 0 atom stereocenters. The fourth-order valence-corrected chi connectivity index (χ4v) is 2.12. The highest BCUT2D eigenvalue weighted by molar-refractivity contribution is 6.60. The van der Waals surface area contributed by atoms with Gasteiger partial charge in [-0.25, -0.2) is 0 Å². The van der Waals surface area contributed by atoms with Crippen LogP contribution in [0.4, 0.5) is 5.69 Å². The van der Waals surface area contributed by atoms with Gasteiger partial charge in [-0.15, -0.1) is 0 Å². The van der Waals surface area contributed by atoms with Crippen LogP contribution in [0.5, 0.6) is 0 Å². The minimum absolute atomic E-state index is 0.179. The first-order valence-corrected chi connectivity index (χ1v) is 5.23. The Kier molecular flexibility index (Phi) is 3.80. The number of hydrogen-bond acceptors (Lipinski definition) is 4. The summed E-state index contributed by atoms with van der Waals surface area (Å²) >= 11 is 0. The lowest BCUT2D eigenvalue weighted by Crippen LogP contribution is -2.36. The van der Waals surface area contributed by atoms with Crippen LogP contribution < -0.4 is 11.2 Å². The zero-order chi connectivity index (χ0) is 13.3. The van der Waals surface area contributed by atoms with Gasteiger partial charge in [-0.2, -0.15) is 0 Å². The largest absolute Gasteiger partial charge is 0.489 e. The molecule has 6 heteroatoms. The van der Waals surface area contributed by atoms with Crippen LogP contribution in [0.15, 0.2) is 0 Å². The van der Waals surface area contributed by atoms with E-state index in [9.17, 15) is 14.8 Å². The summed E-state index contributed by atoms with van der Waals surface area (Å²) in [5.74, 6) is -0.974. The molecule has 5 N–H and O–H groups in total. The Morgan fingerprint density at radius 2 is 1.71 bits per heavy atom. The SMILES string of the molecule is Cc1c(N)c(C)c(B(O)O)c(C)c1CC(=O)O. The van der Waals surface area contributed by atoms with Gasteiger partial charge in [-0.3, -0.25) is 4.79 Å². The highest BCUT2D eigenvalue weighted by atomic mass is 16.4. The van der Waals surface area contributed by atoms with E-state index in [2.05, 4.69) is 0 Å². The molecule has 1 aromatic rings. The van der Waals surface area contributed by atoms with E-state index in [-0.39, 0.29) is 6.42 Å². The van der Waals surface area contributed by atoms with E-state index in [0.29, 0.717) is 33.4 Å². The third-order valence-electron chi connectivity index (χ3n) is 3.11. The molecule has 0 fully saturated rings. The van der Waals surface area contributed by atoms with Gasteiger partial charge < -0.3 is 20.9 Å². The maximum atomic E-state index is 10.8. The van der Waals surface area contributed by atoms with Gasteiger partial charge in [0.15, 0.2) is 0 Å². The molecular formula is C11H16BNO4. The minimum Gasteiger partial charge on any atom is -0.481 e. The molecule has 0 aromatic heterocycles. The first-order chi connectivity index (χ1) is 7.77. The van der Waals surface area contributed by atoms with Gasteiger partial charge in [0.05, 0.1) is 6.42 Å². The van der Waals surface area contributed by atoms with Crippen molar-refractivity contribution in [3.8, 4) is 0 Å². The van der Waals surface area contributed by atoms with Gasteiger partial charge >= 0.3 is 13.1 Å². The first kappa shape index (κ1) is 13.5. The number of carbonyl (C=O) groups is 1. The molecule has 1 rings (SSSR count). The number of hydrogen-bond donors (Lipinski definition) is 4. The smallest absolute Gasteiger partial charge is 0.481 e. The predicted octanol–water partition coefficient (Wildman–Crippen LogP) is -0.499. The molecule has 0 aliphatic heterocycles. The zero-order valence-corrected chi connectivity index (χ0v) is 10.1. The summed E-state index contributed by atoms with van der Waals surface area (Å²) in [6.07, 6.45) is -0.179. The summed E-state index contributed by atoms with van der Waals surface area (Å²) in [6.45, 7) is 5.10. The molecule has 5 nitrogen and oxygen atoms in total. The summed E-state index contributed by atoms with van der Waals surface area (Å²) in [5, 5.41) is 27.5. The van der Waals surface area contributed by atoms with Crippen molar-refractivity contribution in [3.63, 3.8) is 0 Å². The predicted molar refractivity (Wildman–Crippen MR) is 66.2 cm³/mol. The average molecular weight is 237 g/mol. The highest BCUT2D eigenvalue weighted by Gasteiger charge is 2.23. The number of carboxylic acid groups (broad SMARTS) is 1. The van der Waals surface area contributed by atoms with Crippen molar-refractivity contribution in [2.24, 2.45) is 0 Å². The standard InChI is InChI=1S/C11H16BNO4/c1-5-8(4-9(14)15)6(2)11(13)7(3)10(5)12(16)17/h16-17H,4,13H2,1-3H3,(H,14,15). The van der Waals surface area contributed by atoms with Gasteiger partial charge in [-0.05, 0) is 48.5 Å². The maximum Gasteiger partial charge on any atom is 0.489 e. The lowest BCUT2D eigenvalue weighted by Gasteiger charge is -2.19. The van der Waals surface area contributed by atoms with E-state index in [1.165, 1.54) is 0 Å². The maximum absolute atomic E-state index is 10.8. The minimum atomic E-state index is -1.65. The second-order valence-electron chi connectivity index (χ2n) is 4.13. The molecule has 0 spiro atoms. The van der Waals surface area contributed by atoms with Crippen LogP contribution >= 0.6 is 0 Å². The number of nitrogens with two attached hydrogens (primary N) is 1. The van der Waals surface area contributed by atoms with E-state index in [0.717, 1.165) is 0 Å². The Balaban J connectivity index is 3.55. The van der Waals surface area contributed by atoms with Crippen molar-refractivity contribution in [3.05, 3.63) is 22.3 Å². The monoisotopic (exact) mass is 237 g/mol. The number of benzene rings is 1. The molecule has 0 radical (unpaired) electrons. The number of carboxylic acids is 1. The Morgan fingerprint density at radius 1 is 1.18 bits per heavy atom. The molecular weight excluding hydrogens is 221 g/mol. The van der Waals surface area contributed by atoms with Crippen LogP contribution in [0.2, 0.25) is 0 Å². The fraction of sp³-hybridized carbons (Fsp3) is 0.364. The number of aliphatic carboxylic acids is 1. The molecule has 92 valence electrons. The highest BCUT2D eigenvalue weighted by Crippen LogP contribution is 2.23. The van der Waals surface area contributed by atoms with Crippen LogP contribution in [-0.2, 0) is 11.2 Å². The van der Waals surface area contributed by atoms with Gasteiger partial charge in [0, 0.05) is 5.69 Å². The zero-order valence-electron chi connectivity index (χ0n) is 10.1. The van der Waals surface area contributed by atoms with Gasteiger partial charge in [-0.1, -0.05) is 0 Å². The van der Waals surface area contributed by atoms with Gasteiger partial charge in [0.2, 0.25) is 0 Å². The molecule has 0 amide bonds. The van der Waals surface area contributed by atoms with Crippen molar-refractivity contribution in [1.29, 1.82) is 0 Å². The molecule has 0 bridgehead atoms. The lowest BCUT2D eigenvalue weighted by atomic mass is 9.71. The quantitative estimate of drug-likeness (QED) is 0.419. The Hall–Kier alpha value is -1.53. The molecule has 0 aliphatic carbocycles. The van der Waals surface area contributed by atoms with Crippen molar-refractivity contribution in [2.45, 2.75) is 27.2 Å². The Labute approximate surface area is 100 Å². The molecule has 0 heterocycles. The molecule has 0 saturated carbocycles. The summed E-state index contributed by atoms with van der Waals surface area (Å²) in [6, 6.07) is 0. The first-order valence-electron chi connectivity index (χ1n) is 5.23. The van der Waals surface area contributed by atoms with Crippen LogP contribution in [0, 0.1) is 20.8 Å². The second-order valence-corrected chi connectivity index (χ2v) is 4.13. The second kappa shape index (κ2) is 4.77. The molecule has 0 aliphatic rings. The van der Waals surface area contributed by atoms with Gasteiger partial charge in [0.1, 0.15) is 0 Å². The van der Waals surface area contributed by atoms with Crippen LogP contribution in [0.1, 0.15) is 22.3 Å². The van der Waals surface area contributed by atoms with Crippen molar-refractivity contribution in [2.75, 3.05) is 5.73 Å². The third-order valence-corrected chi connectivity index (χ3v) is 3.11. The van der Waals surface area contributed by atoms with Crippen molar-refractivity contribution in [1.82, 2.24) is 0 Å². The van der Waals surface area contributed by atoms with Crippen molar-refractivity contribution >= 4 is 24.2 Å². The molecule has 1 aromatic carbocycles. The topological polar surface area (TPSA) is 104 Å². The molecule has 17 heavy (non-hydrogen) atoms. The summed E-state index contributed by atoms with van der Waals surface area (Å²) in [5.41, 5.74) is 8.95. The molecule has 0 unspecified atom stereocenters. The van der Waals surface area contributed by atoms with Crippen molar-refractivity contribution < 1.29 is 19.9 Å². The third kappa shape index (κ3) is 2.43. The number of nitrogen functional groups attached to an aromatic ring is 1. The molecule has 0 saturated heterocycles. The Bertz CT molecular complexity index is 471. The number of anilines is 1. The van der Waals surface area contributed by atoms with Crippen LogP contribution in [0.3, 0.4) is 0 Å². The van der Waals surface area contributed by atoms with E-state index in [1.807, 2.05) is 0 Å². The summed E-state index contributed by atoms with van der Waals surface area (Å²) in [4.78, 5) is 10.8. The van der Waals surface area contributed by atoms with Crippen LogP contribution in [-0.4, -0.2) is 28.2 Å². The van der Waals surface area contributed by atoms with E-state index < -0.39 is 13.1 Å². The van der Waals surface area contributed by atoms with E-state index in [1.54, 1.807) is 20.8 Å². The summed E-state index contributed by atoms with van der Waals surface area (Å²) in [7, 11) is -1.65. The summed E-state index contributed by atoms with van der Waals surface area (Å²) < 4.78 is 0. The Morgan fingerprint density at radius 3 is 2.12 bits per heavy atom. The lowest BCUT2D eigenvalue weighted by molar-refractivity contribution is -0.136. The van der Waals surface area contributed by atoms with E-state index >= 15 is 0 Å². The van der Waals surface area contributed by atoms with Gasteiger partial charge in [0.25, 0.3) is 0 Å². The van der Waals surface area contributed by atoms with Crippen LogP contribution in [0.25, 0.3) is 0 Å². The van der Waals surface area contributed by atoms with E-state index in [4.69, 9.17) is 10.8 Å². The average Bonchev–Trinajstić information content (AvgIpc) is 2.21. The number of rotatable bonds is 3.